The van der Waals surface area contributed by atoms with E-state index in [2.05, 4.69) is 268 Å². The Bertz CT molecular complexity index is 4520. The van der Waals surface area contributed by atoms with Gasteiger partial charge in [0, 0.05) is 55.0 Å². The molecule has 0 radical (unpaired) electrons. The Balaban J connectivity index is 0.900. The number of para-hydroxylation sites is 2. The molecular formula is C67H46N5+. The highest BCUT2D eigenvalue weighted by atomic mass is 15.3. The number of aromatic nitrogens is 2. The number of hydrogen-bond acceptors (Lipinski definition) is 2. The Kier molecular flexibility index (Phi) is 9.10. The first kappa shape index (κ1) is 40.6. The van der Waals surface area contributed by atoms with Crippen molar-refractivity contribution in [3.05, 3.63) is 265 Å². The lowest BCUT2D eigenvalue weighted by molar-refractivity contribution is -0.739. The molecule has 1 aliphatic rings. The normalized spacial score (nSPS) is 15.1. The second-order valence-electron chi connectivity index (χ2n) is 19.3. The fourth-order valence-electron chi connectivity index (χ4n) is 11.8. The highest BCUT2D eigenvalue weighted by Crippen LogP contribution is 2.40. The first-order valence-electron chi connectivity index (χ1n) is 24.9. The summed E-state index contributed by atoms with van der Waals surface area (Å²) in [4.78, 5) is 5.62. The van der Waals surface area contributed by atoms with Crippen LogP contribution in [0.2, 0.25) is 0 Å². The lowest BCUT2D eigenvalue weighted by atomic mass is 9.99. The number of nitrogens with one attached hydrogen (secondary N) is 1. The SMILES string of the molecule is c1ccc(-c2ccc(C3N=C(c4cc(-n5c6ccccc6c6cc7cc(-n8c9ccccc9c9ccc%10ccccc%10c98)ccc7cc65)cc5ccccc45)NC(c4ccc5ccccc5c4)[NH2+]3)cc2)cc1. The van der Waals surface area contributed by atoms with Crippen molar-refractivity contribution in [2.24, 2.45) is 4.99 Å². The number of benzene rings is 12. The second-order valence-corrected chi connectivity index (χ2v) is 19.3. The maximum Gasteiger partial charge on any atom is 0.209 e. The molecule has 12 aromatic carbocycles. The molecule has 5 nitrogen and oxygen atoms in total. The van der Waals surface area contributed by atoms with Crippen molar-refractivity contribution in [1.82, 2.24) is 14.5 Å². The van der Waals surface area contributed by atoms with E-state index in [-0.39, 0.29) is 12.3 Å². The van der Waals surface area contributed by atoms with Crippen molar-refractivity contribution in [2.45, 2.75) is 12.3 Å². The van der Waals surface area contributed by atoms with Crippen LogP contribution in [-0.2, 0) is 0 Å². The molecule has 0 bridgehead atoms. The average Bonchev–Trinajstić information content (AvgIpc) is 3.96. The Morgan fingerprint density at radius 1 is 0.347 bits per heavy atom. The van der Waals surface area contributed by atoms with E-state index in [1.54, 1.807) is 0 Å². The zero-order chi connectivity index (χ0) is 47.3. The molecule has 1 aliphatic heterocycles. The van der Waals surface area contributed by atoms with E-state index in [1.807, 2.05) is 0 Å². The van der Waals surface area contributed by atoms with Crippen LogP contribution >= 0.6 is 0 Å². The highest BCUT2D eigenvalue weighted by Gasteiger charge is 2.31. The summed E-state index contributed by atoms with van der Waals surface area (Å²) in [5, 5.41) is 21.0. The van der Waals surface area contributed by atoms with E-state index in [0.29, 0.717) is 0 Å². The van der Waals surface area contributed by atoms with Crippen LogP contribution in [0.15, 0.2) is 254 Å². The summed E-state index contributed by atoms with van der Waals surface area (Å²) in [5.74, 6) is 0.877. The molecule has 2 unspecified atom stereocenters. The number of rotatable bonds is 6. The van der Waals surface area contributed by atoms with Crippen LogP contribution in [0, 0.1) is 0 Å². The van der Waals surface area contributed by atoms with E-state index >= 15 is 0 Å². The van der Waals surface area contributed by atoms with Gasteiger partial charge >= 0.3 is 0 Å². The van der Waals surface area contributed by atoms with Gasteiger partial charge in [-0.1, -0.05) is 194 Å². The van der Waals surface area contributed by atoms with Crippen LogP contribution < -0.4 is 10.6 Å². The number of fused-ring (bicyclic) bond motifs is 11. The fourth-order valence-corrected chi connectivity index (χ4v) is 11.8. The average molecular weight is 921 g/mol. The van der Waals surface area contributed by atoms with Crippen molar-refractivity contribution in [3.63, 3.8) is 0 Å². The first-order chi connectivity index (χ1) is 35.7. The van der Waals surface area contributed by atoms with Crippen LogP contribution in [0.5, 0.6) is 0 Å². The molecular weight excluding hydrogens is 875 g/mol. The van der Waals surface area contributed by atoms with Gasteiger partial charge in [-0.25, -0.2) is 4.99 Å². The number of amidine groups is 1. The lowest BCUT2D eigenvalue weighted by Crippen LogP contribution is -2.90. The number of quaternary nitrogens is 1. The van der Waals surface area contributed by atoms with Gasteiger partial charge in [0.1, 0.15) is 5.84 Å². The standard InChI is InChI=1S/C67H45N5/c1-2-14-42(15-3-1)44-26-29-46(30-27-44)65-68-66(50-31-28-43-16-4-5-18-47(43)36-50)70-67(69-65)60-41-53(37-49-19-7-8-20-54(49)60)71-61-24-12-11-23-57(61)59-39-51-38-52(34-32-48(51)40-63(59)71)72-62-25-13-10-22-56(62)58-35-33-45-17-6-9-21-55(45)64(58)72/h1-41,65-66,68H,(H,69,70)/p+1. The van der Waals surface area contributed by atoms with Crippen molar-refractivity contribution >= 4 is 92.5 Å². The zero-order valence-corrected chi connectivity index (χ0v) is 39.2. The third-order valence-electron chi connectivity index (χ3n) is 15.2. The summed E-state index contributed by atoms with van der Waals surface area (Å²) in [6, 6.07) is 91.2. The van der Waals surface area contributed by atoms with Crippen LogP contribution in [0.1, 0.15) is 29.0 Å². The molecule has 0 saturated heterocycles. The molecule has 0 amide bonds. The van der Waals surface area contributed by atoms with Gasteiger partial charge < -0.3 is 14.5 Å². The molecule has 3 heterocycles. The van der Waals surface area contributed by atoms with E-state index in [0.717, 1.165) is 50.1 Å². The molecule has 338 valence electrons. The summed E-state index contributed by atoms with van der Waals surface area (Å²) in [6.45, 7) is 0. The third-order valence-corrected chi connectivity index (χ3v) is 15.2. The monoisotopic (exact) mass is 920 g/mol. The van der Waals surface area contributed by atoms with Crippen molar-refractivity contribution in [1.29, 1.82) is 0 Å². The predicted octanol–water partition coefficient (Wildman–Crippen LogP) is 15.5. The van der Waals surface area contributed by atoms with Gasteiger partial charge in [-0.05, 0) is 103 Å². The predicted molar refractivity (Wildman–Crippen MR) is 301 cm³/mol. The molecule has 15 rings (SSSR count). The van der Waals surface area contributed by atoms with Gasteiger partial charge in [0.2, 0.25) is 6.17 Å². The minimum absolute atomic E-state index is 0.0888. The Hall–Kier alpha value is -9.29. The van der Waals surface area contributed by atoms with Crippen LogP contribution in [0.25, 0.3) is 109 Å². The van der Waals surface area contributed by atoms with Gasteiger partial charge in [-0.2, -0.15) is 0 Å². The summed E-state index contributed by atoms with van der Waals surface area (Å²) >= 11 is 0. The van der Waals surface area contributed by atoms with Crippen molar-refractivity contribution in [3.8, 4) is 22.5 Å². The van der Waals surface area contributed by atoms with E-state index in [1.165, 1.54) is 81.6 Å². The summed E-state index contributed by atoms with van der Waals surface area (Å²) in [6.07, 6.45) is -0.273. The Labute approximate surface area is 415 Å². The molecule has 0 fully saturated rings. The fraction of sp³-hybridized carbons (Fsp3) is 0.0299. The van der Waals surface area contributed by atoms with Crippen LogP contribution in [0.3, 0.4) is 0 Å². The maximum absolute atomic E-state index is 5.62. The lowest BCUT2D eigenvalue weighted by Gasteiger charge is -2.29. The van der Waals surface area contributed by atoms with E-state index in [4.69, 9.17) is 4.99 Å². The van der Waals surface area contributed by atoms with Gasteiger partial charge in [-0.3, -0.25) is 5.32 Å². The quantitative estimate of drug-likeness (QED) is 0.172. The number of nitrogens with zero attached hydrogens (tertiary/aromatic N) is 3. The van der Waals surface area contributed by atoms with Gasteiger partial charge in [0.25, 0.3) is 0 Å². The molecule has 2 atom stereocenters. The summed E-state index contributed by atoms with van der Waals surface area (Å²) < 4.78 is 4.92. The number of nitrogens with two attached hydrogens (primary N) is 1. The molecule has 5 heteroatoms. The highest BCUT2D eigenvalue weighted by molar-refractivity contribution is 6.19. The molecule has 3 N–H and O–H groups in total. The van der Waals surface area contributed by atoms with Gasteiger partial charge in [0.05, 0.1) is 22.1 Å². The summed E-state index contributed by atoms with van der Waals surface area (Å²) in [7, 11) is 0. The van der Waals surface area contributed by atoms with Crippen molar-refractivity contribution in [2.75, 3.05) is 0 Å². The van der Waals surface area contributed by atoms with Crippen molar-refractivity contribution < 1.29 is 5.32 Å². The second kappa shape index (κ2) is 16.1. The minimum atomic E-state index is -0.185. The zero-order valence-electron chi connectivity index (χ0n) is 39.2. The van der Waals surface area contributed by atoms with Gasteiger partial charge in [0.15, 0.2) is 6.17 Å². The number of hydrogen-bond donors (Lipinski definition) is 2. The maximum atomic E-state index is 5.62. The molecule has 0 aliphatic carbocycles. The topological polar surface area (TPSA) is 50.9 Å². The largest absolute Gasteiger partial charge is 0.317 e. The van der Waals surface area contributed by atoms with Crippen LogP contribution in [0.4, 0.5) is 0 Å². The molecule has 72 heavy (non-hydrogen) atoms. The van der Waals surface area contributed by atoms with Crippen LogP contribution in [-0.4, -0.2) is 15.0 Å². The van der Waals surface area contributed by atoms with E-state index < -0.39 is 0 Å². The first-order valence-corrected chi connectivity index (χ1v) is 24.9. The molecule has 0 saturated carbocycles. The Morgan fingerprint density at radius 2 is 0.944 bits per heavy atom. The molecule has 14 aromatic rings. The third kappa shape index (κ3) is 6.48. The summed E-state index contributed by atoms with van der Waals surface area (Å²) in [5.41, 5.74) is 12.8. The van der Waals surface area contributed by atoms with Gasteiger partial charge in [-0.15, -0.1) is 0 Å². The number of aliphatic imine (C=N–C) groups is 1. The minimum Gasteiger partial charge on any atom is -0.317 e. The smallest absolute Gasteiger partial charge is 0.209 e. The van der Waals surface area contributed by atoms with E-state index in [9.17, 15) is 0 Å². The Morgan fingerprint density at radius 3 is 1.76 bits per heavy atom. The molecule has 0 spiro atoms. The molecule has 2 aromatic heterocycles.